The Kier molecular flexibility index (Phi) is 9.07. The van der Waals surface area contributed by atoms with Crippen LogP contribution < -0.4 is 15.5 Å². The lowest BCUT2D eigenvalue weighted by Crippen LogP contribution is -2.38. The molecule has 2 heterocycles. The molecule has 9 heteroatoms. The number of imidazole rings is 1. The smallest absolute Gasteiger partial charge is 0.253 e. The Morgan fingerprint density at radius 1 is 1.07 bits per heavy atom. The number of aryl methyl sites for hydroxylation is 1. The summed E-state index contributed by atoms with van der Waals surface area (Å²) in [5.74, 6) is 1.26. The SMILES string of the molecule is CC1CCC(NC(=O)c2cc3nc(Cc4c(Cl)ccc(CNC(=O)C(C)(C)C)c4F)n(C)c3cc2N2CCC(C)C2)CC1. The molecule has 1 saturated heterocycles. The fourth-order valence-electron chi connectivity index (χ4n) is 6.24. The third-order valence-electron chi connectivity index (χ3n) is 9.17. The summed E-state index contributed by atoms with van der Waals surface area (Å²) in [6, 6.07) is 7.43. The molecule has 2 aromatic carbocycles. The Morgan fingerprint density at radius 2 is 1.79 bits per heavy atom. The van der Waals surface area contributed by atoms with Crippen molar-refractivity contribution in [3.8, 4) is 0 Å². The number of nitrogens with one attached hydrogen (secondary N) is 2. The predicted molar refractivity (Wildman–Crippen MR) is 171 cm³/mol. The average Bonchev–Trinajstić information content (AvgIpc) is 3.52. The van der Waals surface area contributed by atoms with E-state index < -0.39 is 11.2 Å². The van der Waals surface area contributed by atoms with Gasteiger partial charge in [0, 0.05) is 60.7 Å². The molecule has 1 aliphatic heterocycles. The number of anilines is 1. The third-order valence-corrected chi connectivity index (χ3v) is 9.53. The second kappa shape index (κ2) is 12.5. The zero-order valence-electron chi connectivity index (χ0n) is 26.3. The molecule has 1 unspecified atom stereocenters. The minimum absolute atomic E-state index is 0.0534. The van der Waals surface area contributed by atoms with E-state index in [1.807, 2.05) is 38.5 Å². The lowest BCUT2D eigenvalue weighted by atomic mass is 9.87. The molecule has 2 fully saturated rings. The highest BCUT2D eigenvalue weighted by molar-refractivity contribution is 6.31. The van der Waals surface area contributed by atoms with Crippen LogP contribution in [0.2, 0.25) is 5.02 Å². The number of aromatic nitrogens is 2. The number of nitrogens with zero attached hydrogens (tertiary/aromatic N) is 3. The monoisotopic (exact) mass is 609 g/mol. The van der Waals surface area contributed by atoms with E-state index in [0.717, 1.165) is 56.4 Å². The van der Waals surface area contributed by atoms with E-state index in [1.54, 1.807) is 12.1 Å². The van der Waals surface area contributed by atoms with E-state index in [1.165, 1.54) is 0 Å². The number of rotatable bonds is 7. The molecule has 7 nitrogen and oxygen atoms in total. The second-order valence-corrected chi connectivity index (χ2v) is 14.2. The minimum atomic E-state index is -0.574. The van der Waals surface area contributed by atoms with Gasteiger partial charge in [0.25, 0.3) is 5.91 Å². The van der Waals surface area contributed by atoms with Crippen molar-refractivity contribution in [1.82, 2.24) is 20.2 Å². The molecule has 0 bridgehead atoms. The summed E-state index contributed by atoms with van der Waals surface area (Å²) in [6.07, 6.45) is 5.53. The predicted octanol–water partition coefficient (Wildman–Crippen LogP) is 6.77. The maximum absolute atomic E-state index is 15.7. The first-order chi connectivity index (χ1) is 20.3. The van der Waals surface area contributed by atoms with Crippen LogP contribution in [0.1, 0.15) is 94.0 Å². The van der Waals surface area contributed by atoms with Gasteiger partial charge < -0.3 is 20.1 Å². The van der Waals surface area contributed by atoms with Gasteiger partial charge in [0.2, 0.25) is 5.91 Å². The van der Waals surface area contributed by atoms with Crippen molar-refractivity contribution in [2.75, 3.05) is 18.0 Å². The Balaban J connectivity index is 1.46. The normalized spacial score (nSPS) is 20.9. The van der Waals surface area contributed by atoms with Crippen LogP contribution in [-0.2, 0) is 24.8 Å². The Hall–Kier alpha value is -3.13. The molecule has 1 aliphatic carbocycles. The quantitative estimate of drug-likeness (QED) is 0.310. The average molecular weight is 610 g/mol. The van der Waals surface area contributed by atoms with Crippen molar-refractivity contribution in [2.45, 2.75) is 85.7 Å². The first-order valence-electron chi connectivity index (χ1n) is 15.6. The van der Waals surface area contributed by atoms with Gasteiger partial charge >= 0.3 is 0 Å². The summed E-state index contributed by atoms with van der Waals surface area (Å²) in [5, 5.41) is 6.44. The summed E-state index contributed by atoms with van der Waals surface area (Å²) < 4.78 is 17.7. The minimum Gasteiger partial charge on any atom is -0.371 e. The maximum Gasteiger partial charge on any atom is 0.253 e. The highest BCUT2D eigenvalue weighted by Crippen LogP contribution is 2.33. The maximum atomic E-state index is 15.7. The molecule has 2 amide bonds. The van der Waals surface area contributed by atoms with Crippen molar-refractivity contribution in [1.29, 1.82) is 0 Å². The molecule has 0 radical (unpaired) electrons. The van der Waals surface area contributed by atoms with Gasteiger partial charge in [-0.15, -0.1) is 0 Å². The molecule has 2 N–H and O–H groups in total. The van der Waals surface area contributed by atoms with Crippen LogP contribution >= 0.6 is 11.6 Å². The molecular weight excluding hydrogens is 565 g/mol. The zero-order valence-corrected chi connectivity index (χ0v) is 27.1. The summed E-state index contributed by atoms with van der Waals surface area (Å²) >= 11 is 6.51. The first kappa shape index (κ1) is 31.3. The van der Waals surface area contributed by atoms with Crippen molar-refractivity contribution in [3.63, 3.8) is 0 Å². The van der Waals surface area contributed by atoms with Crippen LogP contribution in [0.5, 0.6) is 0 Å². The molecule has 232 valence electrons. The van der Waals surface area contributed by atoms with Crippen LogP contribution in [0.3, 0.4) is 0 Å². The summed E-state index contributed by atoms with van der Waals surface area (Å²) in [6.45, 7) is 11.8. The fraction of sp³-hybridized carbons (Fsp3) is 0.559. The standard InChI is InChI=1S/C34H45ClFN5O2/c1-20-7-10-23(11-8-20)38-32(42)25-15-27-29(17-28(25)41-14-13-21(2)19-41)40(6)30(39-27)16-24-26(35)12-9-22(31(24)36)18-37-33(43)34(3,4)5/h9,12,15,17,20-21,23H,7-8,10-11,13-14,16,18-19H2,1-6H3,(H,37,43)(H,38,42). The summed E-state index contributed by atoms with van der Waals surface area (Å²) in [7, 11) is 1.92. The lowest BCUT2D eigenvalue weighted by Gasteiger charge is -2.28. The highest BCUT2D eigenvalue weighted by atomic mass is 35.5. The van der Waals surface area contributed by atoms with Gasteiger partial charge in [-0.2, -0.15) is 0 Å². The van der Waals surface area contributed by atoms with E-state index in [2.05, 4.69) is 35.4 Å². The summed E-state index contributed by atoms with van der Waals surface area (Å²) in [4.78, 5) is 33.3. The van der Waals surface area contributed by atoms with E-state index in [4.69, 9.17) is 16.6 Å². The van der Waals surface area contributed by atoms with Crippen molar-refractivity contribution in [2.24, 2.45) is 24.3 Å². The number of carbonyl (C=O) groups excluding carboxylic acids is 2. The van der Waals surface area contributed by atoms with Gasteiger partial charge in [-0.3, -0.25) is 9.59 Å². The number of carbonyl (C=O) groups is 2. The van der Waals surface area contributed by atoms with Crippen molar-refractivity contribution >= 4 is 40.1 Å². The Morgan fingerprint density at radius 3 is 2.44 bits per heavy atom. The molecule has 3 aromatic rings. The topological polar surface area (TPSA) is 79.3 Å². The van der Waals surface area contributed by atoms with Crippen LogP contribution in [0.15, 0.2) is 24.3 Å². The first-order valence-corrected chi connectivity index (χ1v) is 16.0. The molecule has 2 aliphatic rings. The lowest BCUT2D eigenvalue weighted by molar-refractivity contribution is -0.128. The number of benzene rings is 2. The van der Waals surface area contributed by atoms with Crippen LogP contribution in [0.25, 0.3) is 11.0 Å². The van der Waals surface area contributed by atoms with Crippen LogP contribution in [-0.4, -0.2) is 40.5 Å². The van der Waals surface area contributed by atoms with Crippen LogP contribution in [0, 0.1) is 23.1 Å². The van der Waals surface area contributed by atoms with Crippen molar-refractivity contribution < 1.29 is 14.0 Å². The Labute approximate surface area is 259 Å². The Bertz CT molecular complexity index is 1520. The number of amides is 2. The zero-order chi connectivity index (χ0) is 31.1. The largest absolute Gasteiger partial charge is 0.371 e. The fourth-order valence-corrected chi connectivity index (χ4v) is 6.46. The molecule has 1 atom stereocenters. The van der Waals surface area contributed by atoms with Gasteiger partial charge in [0.05, 0.1) is 22.3 Å². The molecule has 5 rings (SSSR count). The number of hydrogen-bond donors (Lipinski definition) is 2. The van der Waals surface area contributed by atoms with E-state index in [-0.39, 0.29) is 30.8 Å². The van der Waals surface area contributed by atoms with Gasteiger partial charge in [-0.25, -0.2) is 9.37 Å². The highest BCUT2D eigenvalue weighted by Gasteiger charge is 2.28. The molecule has 1 saturated carbocycles. The number of halogens is 2. The number of hydrogen-bond acceptors (Lipinski definition) is 4. The number of fused-ring (bicyclic) bond motifs is 1. The van der Waals surface area contributed by atoms with Crippen molar-refractivity contribution in [3.05, 3.63) is 57.6 Å². The molecule has 0 spiro atoms. The van der Waals surface area contributed by atoms with Gasteiger partial charge in [0.15, 0.2) is 0 Å². The van der Waals surface area contributed by atoms with E-state index in [0.29, 0.717) is 44.9 Å². The van der Waals surface area contributed by atoms with Gasteiger partial charge in [0.1, 0.15) is 11.6 Å². The van der Waals surface area contributed by atoms with Gasteiger partial charge in [-0.1, -0.05) is 52.3 Å². The second-order valence-electron chi connectivity index (χ2n) is 13.8. The van der Waals surface area contributed by atoms with Crippen LogP contribution in [0.4, 0.5) is 10.1 Å². The summed E-state index contributed by atoms with van der Waals surface area (Å²) in [5.41, 5.74) is 3.28. The third kappa shape index (κ3) is 6.84. The van der Waals surface area contributed by atoms with E-state index in [9.17, 15) is 9.59 Å². The molecule has 43 heavy (non-hydrogen) atoms. The molecule has 1 aromatic heterocycles. The molecular formula is C34H45ClFN5O2. The van der Waals surface area contributed by atoms with E-state index >= 15 is 4.39 Å². The van der Waals surface area contributed by atoms with Gasteiger partial charge in [-0.05, 0) is 62.1 Å².